The van der Waals surface area contributed by atoms with E-state index < -0.39 is 0 Å². The third-order valence-electron chi connectivity index (χ3n) is 3.76. The molecule has 1 aromatic rings. The fraction of sp³-hybridized carbons (Fsp3) is 0.600. The molecule has 1 aliphatic carbocycles. The number of halogens is 1. The lowest BCUT2D eigenvalue weighted by atomic mass is 9.91. The predicted octanol–water partition coefficient (Wildman–Crippen LogP) is 3.51. The summed E-state index contributed by atoms with van der Waals surface area (Å²) in [7, 11) is 3.29. The molecule has 1 aromatic carbocycles. The van der Waals surface area contributed by atoms with Gasteiger partial charge in [0, 0.05) is 22.2 Å². The van der Waals surface area contributed by atoms with Gasteiger partial charge in [0.2, 0.25) is 0 Å². The van der Waals surface area contributed by atoms with Crippen LogP contribution in [-0.2, 0) is 6.42 Å². The molecule has 0 spiro atoms. The van der Waals surface area contributed by atoms with E-state index in [1.807, 2.05) is 6.07 Å². The van der Waals surface area contributed by atoms with Gasteiger partial charge in [0.05, 0.1) is 14.2 Å². The van der Waals surface area contributed by atoms with Crippen LogP contribution in [-0.4, -0.2) is 19.8 Å². The molecule has 1 fully saturated rings. The highest BCUT2D eigenvalue weighted by atomic mass is 35.5. The van der Waals surface area contributed by atoms with Gasteiger partial charge in [0.15, 0.2) is 11.5 Å². The zero-order chi connectivity index (χ0) is 14.2. The van der Waals surface area contributed by atoms with Gasteiger partial charge in [-0.3, -0.25) is 0 Å². The van der Waals surface area contributed by atoms with Gasteiger partial charge in [-0.15, -0.1) is 0 Å². The van der Waals surface area contributed by atoms with Gasteiger partial charge in [-0.2, -0.15) is 0 Å². The summed E-state index contributed by atoms with van der Waals surface area (Å²) in [5.74, 6) is 1.77. The molecule has 2 rings (SSSR count). The van der Waals surface area contributed by atoms with Crippen LogP contribution in [0, 0.1) is 0 Å². The van der Waals surface area contributed by atoms with E-state index in [2.05, 4.69) is 13.8 Å². The van der Waals surface area contributed by atoms with E-state index in [4.69, 9.17) is 26.8 Å². The minimum Gasteiger partial charge on any atom is -0.493 e. The molecule has 3 nitrogen and oxygen atoms in total. The monoisotopic (exact) mass is 283 g/mol. The number of nitrogens with two attached hydrogens (primary N) is 1. The molecule has 0 amide bonds. The van der Waals surface area contributed by atoms with Crippen molar-refractivity contribution in [2.24, 2.45) is 5.73 Å². The Morgan fingerprint density at radius 3 is 2.37 bits per heavy atom. The molecule has 0 heterocycles. The Labute approximate surface area is 120 Å². The summed E-state index contributed by atoms with van der Waals surface area (Å²) in [6.45, 7) is 4.26. The maximum atomic E-state index is 6.43. The van der Waals surface area contributed by atoms with Crippen LogP contribution in [0.4, 0.5) is 0 Å². The predicted molar refractivity (Wildman–Crippen MR) is 78.5 cm³/mol. The van der Waals surface area contributed by atoms with Gasteiger partial charge >= 0.3 is 0 Å². The largest absolute Gasteiger partial charge is 0.493 e. The van der Waals surface area contributed by atoms with Crippen LogP contribution in [0.5, 0.6) is 11.5 Å². The number of benzene rings is 1. The zero-order valence-corrected chi connectivity index (χ0v) is 12.8. The summed E-state index contributed by atoms with van der Waals surface area (Å²) in [6.07, 6.45) is 2.93. The maximum absolute atomic E-state index is 6.43. The minimum absolute atomic E-state index is 0.0765. The summed E-state index contributed by atoms with van der Waals surface area (Å²) < 4.78 is 10.9. The summed E-state index contributed by atoms with van der Waals surface area (Å²) in [5.41, 5.74) is 8.39. The standard InChI is InChI=1S/C15H22ClNO2/c1-9(2)13-10(8-15(17)5-6-15)11(16)7-12(18-3)14(13)19-4/h7,9H,5-6,8,17H2,1-4H3. The number of hydrogen-bond donors (Lipinski definition) is 1. The summed E-state index contributed by atoms with van der Waals surface area (Å²) >= 11 is 6.43. The van der Waals surface area contributed by atoms with E-state index in [0.717, 1.165) is 41.2 Å². The van der Waals surface area contributed by atoms with Crippen molar-refractivity contribution in [3.05, 3.63) is 22.2 Å². The van der Waals surface area contributed by atoms with E-state index in [-0.39, 0.29) is 5.54 Å². The van der Waals surface area contributed by atoms with Crippen molar-refractivity contribution in [2.75, 3.05) is 14.2 Å². The van der Waals surface area contributed by atoms with Crippen molar-refractivity contribution >= 4 is 11.6 Å². The SMILES string of the molecule is COc1cc(Cl)c(CC2(N)CC2)c(C(C)C)c1OC. The van der Waals surface area contributed by atoms with Crippen LogP contribution < -0.4 is 15.2 Å². The van der Waals surface area contributed by atoms with Gasteiger partial charge in [0.25, 0.3) is 0 Å². The van der Waals surface area contributed by atoms with Crippen molar-refractivity contribution in [3.63, 3.8) is 0 Å². The van der Waals surface area contributed by atoms with Gasteiger partial charge in [-0.1, -0.05) is 25.4 Å². The zero-order valence-electron chi connectivity index (χ0n) is 12.0. The Kier molecular flexibility index (Phi) is 3.98. The first-order chi connectivity index (χ1) is 8.91. The first-order valence-corrected chi connectivity index (χ1v) is 7.02. The lowest BCUT2D eigenvalue weighted by Crippen LogP contribution is -2.25. The lowest BCUT2D eigenvalue weighted by Gasteiger charge is -2.22. The summed E-state index contributed by atoms with van der Waals surface area (Å²) in [5, 5.41) is 0.720. The van der Waals surface area contributed by atoms with Gasteiger partial charge in [0.1, 0.15) is 0 Å². The molecular weight excluding hydrogens is 262 g/mol. The number of ether oxygens (including phenoxy) is 2. The molecular formula is C15H22ClNO2. The first-order valence-electron chi connectivity index (χ1n) is 6.64. The highest BCUT2D eigenvalue weighted by Crippen LogP contribution is 2.45. The van der Waals surface area contributed by atoms with Crippen LogP contribution in [0.25, 0.3) is 0 Å². The minimum atomic E-state index is -0.0765. The molecule has 0 radical (unpaired) electrons. The molecule has 19 heavy (non-hydrogen) atoms. The van der Waals surface area contributed by atoms with E-state index in [9.17, 15) is 0 Å². The second kappa shape index (κ2) is 5.22. The van der Waals surface area contributed by atoms with Gasteiger partial charge < -0.3 is 15.2 Å². The second-order valence-corrected chi connectivity index (χ2v) is 6.09. The topological polar surface area (TPSA) is 44.5 Å². The fourth-order valence-corrected chi connectivity index (χ4v) is 2.78. The maximum Gasteiger partial charge on any atom is 0.164 e. The van der Waals surface area contributed by atoms with Crippen LogP contribution in [0.3, 0.4) is 0 Å². The fourth-order valence-electron chi connectivity index (χ4n) is 2.51. The van der Waals surface area contributed by atoms with Crippen LogP contribution in [0.1, 0.15) is 43.7 Å². The van der Waals surface area contributed by atoms with Crippen LogP contribution in [0.15, 0.2) is 6.07 Å². The molecule has 0 bridgehead atoms. The van der Waals surface area contributed by atoms with Crippen molar-refractivity contribution in [1.29, 1.82) is 0 Å². The molecule has 0 aliphatic heterocycles. The highest BCUT2D eigenvalue weighted by molar-refractivity contribution is 6.31. The number of hydrogen-bond acceptors (Lipinski definition) is 3. The van der Waals surface area contributed by atoms with E-state index in [1.54, 1.807) is 14.2 Å². The van der Waals surface area contributed by atoms with E-state index in [0.29, 0.717) is 11.7 Å². The molecule has 0 atom stereocenters. The van der Waals surface area contributed by atoms with Crippen molar-refractivity contribution in [1.82, 2.24) is 0 Å². The Morgan fingerprint density at radius 1 is 1.32 bits per heavy atom. The summed E-state index contributed by atoms with van der Waals surface area (Å²) in [4.78, 5) is 0. The third-order valence-corrected chi connectivity index (χ3v) is 4.10. The average molecular weight is 284 g/mol. The van der Waals surface area contributed by atoms with Crippen LogP contribution in [0.2, 0.25) is 5.02 Å². The molecule has 2 N–H and O–H groups in total. The number of rotatable bonds is 5. The molecule has 0 unspecified atom stereocenters. The van der Waals surface area contributed by atoms with E-state index >= 15 is 0 Å². The van der Waals surface area contributed by atoms with Crippen molar-refractivity contribution < 1.29 is 9.47 Å². The normalized spacial score (nSPS) is 16.6. The average Bonchev–Trinajstić information content (AvgIpc) is 3.08. The van der Waals surface area contributed by atoms with Gasteiger partial charge in [-0.05, 0) is 30.7 Å². The molecule has 0 aromatic heterocycles. The second-order valence-electron chi connectivity index (χ2n) is 5.68. The van der Waals surface area contributed by atoms with E-state index in [1.165, 1.54) is 0 Å². The molecule has 1 aliphatic rings. The molecule has 106 valence electrons. The third kappa shape index (κ3) is 2.82. The smallest absolute Gasteiger partial charge is 0.164 e. The number of methoxy groups -OCH3 is 2. The first kappa shape index (κ1) is 14.5. The lowest BCUT2D eigenvalue weighted by molar-refractivity contribution is 0.349. The molecule has 1 saturated carbocycles. The van der Waals surface area contributed by atoms with Crippen molar-refractivity contribution in [3.8, 4) is 11.5 Å². The highest BCUT2D eigenvalue weighted by Gasteiger charge is 2.40. The molecule has 0 saturated heterocycles. The Hall–Kier alpha value is -0.930. The Morgan fingerprint density at radius 2 is 1.95 bits per heavy atom. The Balaban J connectivity index is 2.56. The Bertz CT molecular complexity index is 482. The summed E-state index contributed by atoms with van der Waals surface area (Å²) in [6, 6.07) is 1.83. The van der Waals surface area contributed by atoms with Gasteiger partial charge in [-0.25, -0.2) is 0 Å². The van der Waals surface area contributed by atoms with Crippen molar-refractivity contribution in [2.45, 2.75) is 44.6 Å². The molecule has 4 heteroatoms. The van der Waals surface area contributed by atoms with Crippen LogP contribution >= 0.6 is 11.6 Å². The quantitative estimate of drug-likeness (QED) is 0.899.